The number of nitrogens with two attached hydrogens (primary N) is 1. The normalized spacial score (nSPS) is 17.6. The van der Waals surface area contributed by atoms with Gasteiger partial charge in [-0.1, -0.05) is 12.1 Å². The molecule has 132 valence electrons. The highest BCUT2D eigenvalue weighted by molar-refractivity contribution is 5.93. The Bertz CT molecular complexity index is 781. The van der Waals surface area contributed by atoms with E-state index in [9.17, 15) is 14.3 Å². The molecule has 1 aliphatic heterocycles. The van der Waals surface area contributed by atoms with Crippen LogP contribution >= 0.6 is 0 Å². The van der Waals surface area contributed by atoms with Crippen molar-refractivity contribution in [1.82, 2.24) is 4.90 Å². The third kappa shape index (κ3) is 3.74. The van der Waals surface area contributed by atoms with Crippen LogP contribution in [-0.2, 0) is 0 Å². The Morgan fingerprint density at radius 3 is 2.80 bits per heavy atom. The average Bonchev–Trinajstić information content (AvgIpc) is 2.97. The van der Waals surface area contributed by atoms with Crippen molar-refractivity contribution >= 4 is 17.5 Å². The molecule has 25 heavy (non-hydrogen) atoms. The fourth-order valence-electron chi connectivity index (χ4n) is 3.38. The number of hydrogen-bond acceptors (Lipinski definition) is 3. The van der Waals surface area contributed by atoms with Gasteiger partial charge >= 0.3 is 6.09 Å². The number of likely N-dealkylation sites (N-methyl/N-ethyl adjacent to an activating group) is 1. The molecule has 0 bridgehead atoms. The Hall–Kier alpha value is -2.60. The van der Waals surface area contributed by atoms with E-state index in [2.05, 4.69) is 4.90 Å². The van der Waals surface area contributed by atoms with Crippen LogP contribution in [0.2, 0.25) is 0 Å². The molecule has 1 atom stereocenters. The molecule has 3 rings (SSSR count). The SMILES string of the molecule is CN1CCCC1CN(C(=O)O)c1ccc(F)cc1-c1cccc(N)c1. The Labute approximate surface area is 146 Å². The van der Waals surface area contributed by atoms with Crippen LogP contribution in [-0.4, -0.2) is 42.3 Å². The molecule has 1 fully saturated rings. The van der Waals surface area contributed by atoms with E-state index in [-0.39, 0.29) is 6.04 Å². The van der Waals surface area contributed by atoms with Gasteiger partial charge in [-0.25, -0.2) is 9.18 Å². The number of halogens is 1. The van der Waals surface area contributed by atoms with Gasteiger partial charge in [0.15, 0.2) is 0 Å². The Balaban J connectivity index is 2.02. The zero-order chi connectivity index (χ0) is 18.0. The number of rotatable bonds is 4. The summed E-state index contributed by atoms with van der Waals surface area (Å²) in [5.41, 5.74) is 8.08. The van der Waals surface area contributed by atoms with Crippen molar-refractivity contribution in [2.75, 3.05) is 30.8 Å². The quantitative estimate of drug-likeness (QED) is 0.832. The van der Waals surface area contributed by atoms with Crippen LogP contribution in [0.3, 0.4) is 0 Å². The van der Waals surface area contributed by atoms with E-state index in [1.165, 1.54) is 23.1 Å². The van der Waals surface area contributed by atoms with Crippen LogP contribution in [0.15, 0.2) is 42.5 Å². The number of benzene rings is 2. The van der Waals surface area contributed by atoms with E-state index in [0.29, 0.717) is 29.0 Å². The lowest BCUT2D eigenvalue weighted by molar-refractivity contribution is 0.198. The standard InChI is InChI=1S/C19H22FN3O2/c1-22-9-3-6-16(22)12-23(19(24)25)18-8-7-14(20)11-17(18)13-4-2-5-15(21)10-13/h2,4-5,7-8,10-11,16H,3,6,9,12,21H2,1H3,(H,24,25). The van der Waals surface area contributed by atoms with Crippen molar-refractivity contribution in [2.24, 2.45) is 0 Å². The molecule has 1 heterocycles. The van der Waals surface area contributed by atoms with E-state index < -0.39 is 11.9 Å². The van der Waals surface area contributed by atoms with Crippen molar-refractivity contribution < 1.29 is 14.3 Å². The fraction of sp³-hybridized carbons (Fsp3) is 0.316. The summed E-state index contributed by atoms with van der Waals surface area (Å²) in [7, 11) is 2.00. The average molecular weight is 343 g/mol. The summed E-state index contributed by atoms with van der Waals surface area (Å²) in [6, 6.07) is 11.4. The van der Waals surface area contributed by atoms with Gasteiger partial charge in [-0.05, 0) is 62.3 Å². The topological polar surface area (TPSA) is 69.8 Å². The van der Waals surface area contributed by atoms with Gasteiger partial charge in [0.1, 0.15) is 5.82 Å². The molecule has 2 aromatic carbocycles. The summed E-state index contributed by atoms with van der Waals surface area (Å²) < 4.78 is 13.9. The van der Waals surface area contributed by atoms with Gasteiger partial charge in [-0.2, -0.15) is 0 Å². The van der Waals surface area contributed by atoms with Gasteiger partial charge in [0.05, 0.1) is 5.69 Å². The summed E-state index contributed by atoms with van der Waals surface area (Å²) >= 11 is 0. The van der Waals surface area contributed by atoms with E-state index in [0.717, 1.165) is 19.4 Å². The molecule has 1 saturated heterocycles. The third-order valence-electron chi connectivity index (χ3n) is 4.74. The maximum atomic E-state index is 13.9. The van der Waals surface area contributed by atoms with Crippen LogP contribution < -0.4 is 10.6 Å². The summed E-state index contributed by atoms with van der Waals surface area (Å²) in [6.45, 7) is 1.32. The summed E-state index contributed by atoms with van der Waals surface area (Å²) in [5, 5.41) is 9.76. The molecule has 0 saturated carbocycles. The molecule has 3 N–H and O–H groups in total. The highest BCUT2D eigenvalue weighted by Gasteiger charge is 2.28. The van der Waals surface area contributed by atoms with Gasteiger partial charge in [0.25, 0.3) is 0 Å². The zero-order valence-electron chi connectivity index (χ0n) is 14.2. The van der Waals surface area contributed by atoms with E-state index in [1.54, 1.807) is 24.3 Å². The fourth-order valence-corrected chi connectivity index (χ4v) is 3.38. The first-order valence-corrected chi connectivity index (χ1v) is 8.32. The lowest BCUT2D eigenvalue weighted by Crippen LogP contribution is -2.41. The molecule has 0 radical (unpaired) electrons. The van der Waals surface area contributed by atoms with E-state index in [1.807, 2.05) is 7.05 Å². The number of amides is 1. The number of nitrogens with zero attached hydrogens (tertiary/aromatic N) is 2. The summed E-state index contributed by atoms with van der Waals surface area (Å²) in [6.07, 6.45) is 0.965. The van der Waals surface area contributed by atoms with Gasteiger partial charge in [0, 0.05) is 23.8 Å². The molecule has 6 heteroatoms. The van der Waals surface area contributed by atoms with Crippen molar-refractivity contribution in [1.29, 1.82) is 0 Å². The molecular weight excluding hydrogens is 321 g/mol. The molecule has 5 nitrogen and oxygen atoms in total. The second-order valence-corrected chi connectivity index (χ2v) is 6.46. The van der Waals surface area contributed by atoms with Crippen molar-refractivity contribution in [3.8, 4) is 11.1 Å². The third-order valence-corrected chi connectivity index (χ3v) is 4.74. The molecule has 0 aromatic heterocycles. The predicted molar refractivity (Wildman–Crippen MR) is 97.3 cm³/mol. The Kier molecular flexibility index (Phi) is 4.90. The van der Waals surface area contributed by atoms with Crippen LogP contribution in [0.5, 0.6) is 0 Å². The van der Waals surface area contributed by atoms with Crippen molar-refractivity contribution in [3.05, 3.63) is 48.3 Å². The number of hydrogen-bond donors (Lipinski definition) is 2. The molecule has 2 aromatic rings. The zero-order valence-corrected chi connectivity index (χ0v) is 14.2. The molecule has 1 amide bonds. The Morgan fingerprint density at radius 1 is 1.36 bits per heavy atom. The molecule has 1 aliphatic rings. The molecule has 0 aliphatic carbocycles. The predicted octanol–water partition coefficient (Wildman–Crippen LogP) is 3.65. The Morgan fingerprint density at radius 2 is 2.16 bits per heavy atom. The first-order valence-electron chi connectivity index (χ1n) is 8.32. The smallest absolute Gasteiger partial charge is 0.411 e. The highest BCUT2D eigenvalue weighted by atomic mass is 19.1. The van der Waals surface area contributed by atoms with Crippen LogP contribution in [0, 0.1) is 5.82 Å². The number of carbonyl (C=O) groups is 1. The second kappa shape index (κ2) is 7.11. The minimum Gasteiger partial charge on any atom is -0.465 e. The molecular formula is C19H22FN3O2. The number of carboxylic acid groups (broad SMARTS) is 1. The lowest BCUT2D eigenvalue weighted by Gasteiger charge is -2.28. The lowest BCUT2D eigenvalue weighted by atomic mass is 10.0. The monoisotopic (exact) mass is 343 g/mol. The number of anilines is 2. The summed E-state index contributed by atoms with van der Waals surface area (Å²) in [4.78, 5) is 15.4. The van der Waals surface area contributed by atoms with E-state index >= 15 is 0 Å². The van der Waals surface area contributed by atoms with Crippen LogP contribution in [0.4, 0.5) is 20.6 Å². The maximum Gasteiger partial charge on any atom is 0.411 e. The summed E-state index contributed by atoms with van der Waals surface area (Å²) in [5.74, 6) is -0.413. The minimum atomic E-state index is -1.04. The largest absolute Gasteiger partial charge is 0.465 e. The second-order valence-electron chi connectivity index (χ2n) is 6.46. The highest BCUT2D eigenvalue weighted by Crippen LogP contribution is 2.33. The number of likely N-dealkylation sites (tertiary alicyclic amines) is 1. The van der Waals surface area contributed by atoms with Gasteiger partial charge < -0.3 is 15.7 Å². The first kappa shape index (κ1) is 17.2. The van der Waals surface area contributed by atoms with Gasteiger partial charge in [-0.15, -0.1) is 0 Å². The minimum absolute atomic E-state index is 0.162. The maximum absolute atomic E-state index is 13.9. The molecule has 1 unspecified atom stereocenters. The van der Waals surface area contributed by atoms with Crippen molar-refractivity contribution in [2.45, 2.75) is 18.9 Å². The van der Waals surface area contributed by atoms with Crippen LogP contribution in [0.25, 0.3) is 11.1 Å². The van der Waals surface area contributed by atoms with Gasteiger partial charge in [-0.3, -0.25) is 4.90 Å². The molecule has 0 spiro atoms. The van der Waals surface area contributed by atoms with Crippen LogP contribution in [0.1, 0.15) is 12.8 Å². The first-order chi connectivity index (χ1) is 12.0. The van der Waals surface area contributed by atoms with E-state index in [4.69, 9.17) is 5.73 Å². The van der Waals surface area contributed by atoms with Crippen molar-refractivity contribution in [3.63, 3.8) is 0 Å². The number of nitrogen functional groups attached to an aromatic ring is 1. The van der Waals surface area contributed by atoms with Gasteiger partial charge in [0.2, 0.25) is 0 Å².